The minimum absolute atomic E-state index is 0.0584. The van der Waals surface area contributed by atoms with Crippen LogP contribution in [0.1, 0.15) is 0 Å². The molecule has 4 heteroatoms. The smallest absolute Gasteiger partial charge is 0.113 e. The molecule has 0 aliphatic rings. The summed E-state index contributed by atoms with van der Waals surface area (Å²) in [6.45, 7) is 0.496. The molecular formula is C10H11N3O. The van der Waals surface area contributed by atoms with E-state index in [0.29, 0.717) is 6.54 Å². The molecule has 72 valence electrons. The van der Waals surface area contributed by atoms with Gasteiger partial charge in [-0.25, -0.2) is 0 Å². The third-order valence-electron chi connectivity index (χ3n) is 1.91. The molecule has 0 aliphatic heterocycles. The Morgan fingerprint density at radius 2 is 2.00 bits per heavy atom. The van der Waals surface area contributed by atoms with E-state index >= 15 is 0 Å². The fourth-order valence-electron chi connectivity index (χ4n) is 1.24. The average molecular weight is 189 g/mol. The van der Waals surface area contributed by atoms with Gasteiger partial charge in [0.15, 0.2) is 0 Å². The van der Waals surface area contributed by atoms with E-state index in [1.165, 1.54) is 4.80 Å². The number of hydrogen-bond donors (Lipinski definition) is 1. The van der Waals surface area contributed by atoms with E-state index in [9.17, 15) is 0 Å². The molecule has 1 heterocycles. The van der Waals surface area contributed by atoms with E-state index < -0.39 is 0 Å². The van der Waals surface area contributed by atoms with E-state index in [-0.39, 0.29) is 6.61 Å². The first kappa shape index (κ1) is 8.90. The summed E-state index contributed by atoms with van der Waals surface area (Å²) in [6.07, 6.45) is 1.70. The lowest BCUT2D eigenvalue weighted by molar-refractivity contribution is 0.260. The van der Waals surface area contributed by atoms with Gasteiger partial charge in [0.1, 0.15) is 5.69 Å². The molecule has 0 amide bonds. The van der Waals surface area contributed by atoms with Crippen LogP contribution >= 0.6 is 0 Å². The molecule has 14 heavy (non-hydrogen) atoms. The van der Waals surface area contributed by atoms with Crippen molar-refractivity contribution >= 4 is 0 Å². The maximum Gasteiger partial charge on any atom is 0.113 e. The summed E-state index contributed by atoms with van der Waals surface area (Å²) in [5, 5.41) is 16.9. The van der Waals surface area contributed by atoms with Crippen molar-refractivity contribution in [3.8, 4) is 11.3 Å². The SMILES string of the molecule is OCCn1ncc(-c2ccccc2)n1. The zero-order valence-electron chi connectivity index (χ0n) is 7.67. The predicted molar refractivity (Wildman–Crippen MR) is 52.5 cm³/mol. The van der Waals surface area contributed by atoms with Crippen LogP contribution in [0.4, 0.5) is 0 Å². The summed E-state index contributed by atoms with van der Waals surface area (Å²) < 4.78 is 0. The van der Waals surface area contributed by atoms with Gasteiger partial charge >= 0.3 is 0 Å². The molecule has 0 saturated carbocycles. The molecule has 4 nitrogen and oxygen atoms in total. The Hall–Kier alpha value is -1.68. The lowest BCUT2D eigenvalue weighted by Gasteiger charge is -1.94. The van der Waals surface area contributed by atoms with Crippen molar-refractivity contribution in [3.05, 3.63) is 36.5 Å². The molecular weight excluding hydrogens is 178 g/mol. The van der Waals surface area contributed by atoms with Crippen LogP contribution < -0.4 is 0 Å². The zero-order valence-corrected chi connectivity index (χ0v) is 7.67. The molecule has 1 N–H and O–H groups in total. The molecule has 0 fully saturated rings. The van der Waals surface area contributed by atoms with E-state index in [4.69, 9.17) is 5.11 Å². The van der Waals surface area contributed by atoms with Crippen molar-refractivity contribution < 1.29 is 5.11 Å². The highest BCUT2D eigenvalue weighted by atomic mass is 16.3. The maximum absolute atomic E-state index is 8.70. The van der Waals surface area contributed by atoms with Crippen molar-refractivity contribution in [3.63, 3.8) is 0 Å². The van der Waals surface area contributed by atoms with Crippen LogP contribution in [0.2, 0.25) is 0 Å². The van der Waals surface area contributed by atoms with Crippen LogP contribution in [0, 0.1) is 0 Å². The number of hydrogen-bond acceptors (Lipinski definition) is 3. The highest BCUT2D eigenvalue weighted by Gasteiger charge is 2.01. The van der Waals surface area contributed by atoms with E-state index in [1.54, 1.807) is 6.20 Å². The third kappa shape index (κ3) is 1.80. The van der Waals surface area contributed by atoms with E-state index in [1.807, 2.05) is 30.3 Å². The van der Waals surface area contributed by atoms with E-state index in [2.05, 4.69) is 10.2 Å². The number of aromatic nitrogens is 3. The number of rotatable bonds is 3. The summed E-state index contributed by atoms with van der Waals surface area (Å²) in [6, 6.07) is 9.84. The van der Waals surface area contributed by atoms with Crippen LogP contribution in [0.25, 0.3) is 11.3 Å². The van der Waals surface area contributed by atoms with Crippen LogP contribution in [0.3, 0.4) is 0 Å². The number of benzene rings is 1. The summed E-state index contributed by atoms with van der Waals surface area (Å²) in [4.78, 5) is 1.49. The number of nitrogens with zero attached hydrogens (tertiary/aromatic N) is 3. The second-order valence-electron chi connectivity index (χ2n) is 2.92. The summed E-state index contributed by atoms with van der Waals surface area (Å²) in [5.74, 6) is 0. The first-order valence-corrected chi connectivity index (χ1v) is 4.46. The van der Waals surface area contributed by atoms with Crippen molar-refractivity contribution in [1.82, 2.24) is 15.0 Å². The highest BCUT2D eigenvalue weighted by Crippen LogP contribution is 2.13. The molecule has 0 radical (unpaired) electrons. The second-order valence-corrected chi connectivity index (χ2v) is 2.92. The predicted octanol–water partition coefficient (Wildman–Crippen LogP) is 0.937. The zero-order chi connectivity index (χ0) is 9.80. The van der Waals surface area contributed by atoms with Gasteiger partial charge in [0.05, 0.1) is 19.3 Å². The van der Waals surface area contributed by atoms with Crippen molar-refractivity contribution in [2.75, 3.05) is 6.61 Å². The molecule has 1 aromatic heterocycles. The van der Waals surface area contributed by atoms with Gasteiger partial charge in [0.2, 0.25) is 0 Å². The largest absolute Gasteiger partial charge is 0.394 e. The Bertz CT molecular complexity index is 397. The molecule has 0 aliphatic carbocycles. The van der Waals surface area contributed by atoms with E-state index in [0.717, 1.165) is 11.3 Å². The fraction of sp³-hybridized carbons (Fsp3) is 0.200. The Kier molecular flexibility index (Phi) is 2.55. The molecule has 2 rings (SSSR count). The highest BCUT2D eigenvalue weighted by molar-refractivity contribution is 5.56. The van der Waals surface area contributed by atoms with Crippen molar-refractivity contribution in [1.29, 1.82) is 0 Å². The molecule has 0 atom stereocenters. The lowest BCUT2D eigenvalue weighted by Crippen LogP contribution is -2.05. The third-order valence-corrected chi connectivity index (χ3v) is 1.91. The lowest BCUT2D eigenvalue weighted by atomic mass is 10.2. The normalized spacial score (nSPS) is 10.4. The summed E-state index contributed by atoms with van der Waals surface area (Å²) in [5.41, 5.74) is 1.87. The minimum Gasteiger partial charge on any atom is -0.394 e. The quantitative estimate of drug-likeness (QED) is 0.781. The van der Waals surface area contributed by atoms with Gasteiger partial charge in [-0.15, -0.1) is 0 Å². The van der Waals surface area contributed by atoms with Gasteiger partial charge in [0, 0.05) is 5.56 Å². The Balaban J connectivity index is 2.25. The number of aliphatic hydroxyl groups is 1. The molecule has 0 spiro atoms. The van der Waals surface area contributed by atoms with Gasteiger partial charge in [-0.2, -0.15) is 15.0 Å². The first-order valence-electron chi connectivity index (χ1n) is 4.46. The van der Waals surface area contributed by atoms with Gasteiger partial charge in [-0.05, 0) is 0 Å². The second kappa shape index (κ2) is 4.02. The molecule has 1 aromatic carbocycles. The Morgan fingerprint density at radius 1 is 1.21 bits per heavy atom. The maximum atomic E-state index is 8.70. The Morgan fingerprint density at radius 3 is 2.71 bits per heavy atom. The van der Waals surface area contributed by atoms with Gasteiger partial charge < -0.3 is 5.11 Å². The van der Waals surface area contributed by atoms with Gasteiger partial charge in [-0.1, -0.05) is 30.3 Å². The number of aliphatic hydroxyl groups excluding tert-OH is 1. The molecule has 0 saturated heterocycles. The van der Waals surface area contributed by atoms with Gasteiger partial charge in [-0.3, -0.25) is 0 Å². The van der Waals surface area contributed by atoms with Crippen LogP contribution in [0.15, 0.2) is 36.5 Å². The van der Waals surface area contributed by atoms with Crippen molar-refractivity contribution in [2.45, 2.75) is 6.54 Å². The Labute approximate surface area is 81.8 Å². The van der Waals surface area contributed by atoms with Crippen molar-refractivity contribution in [2.24, 2.45) is 0 Å². The molecule has 0 unspecified atom stereocenters. The first-order chi connectivity index (χ1) is 6.90. The fourth-order valence-corrected chi connectivity index (χ4v) is 1.24. The van der Waals surface area contributed by atoms with Crippen LogP contribution in [-0.4, -0.2) is 26.7 Å². The molecule has 0 bridgehead atoms. The summed E-state index contributed by atoms with van der Waals surface area (Å²) >= 11 is 0. The van der Waals surface area contributed by atoms with Gasteiger partial charge in [0.25, 0.3) is 0 Å². The topological polar surface area (TPSA) is 50.9 Å². The monoisotopic (exact) mass is 189 g/mol. The van der Waals surface area contributed by atoms with Crippen LogP contribution in [0.5, 0.6) is 0 Å². The summed E-state index contributed by atoms with van der Waals surface area (Å²) in [7, 11) is 0. The molecule has 2 aromatic rings. The van der Waals surface area contributed by atoms with Crippen LogP contribution in [-0.2, 0) is 6.54 Å². The minimum atomic E-state index is 0.0584. The average Bonchev–Trinajstić information content (AvgIpc) is 2.68. The standard InChI is InChI=1S/C10H11N3O/c14-7-6-13-11-8-10(12-13)9-4-2-1-3-5-9/h1-5,8,14H,6-7H2.